The van der Waals surface area contributed by atoms with Crippen molar-refractivity contribution in [2.24, 2.45) is 0 Å². The average Bonchev–Trinajstić information content (AvgIpc) is 2.50. The fourth-order valence-electron chi connectivity index (χ4n) is 2.01. The maximum absolute atomic E-state index is 11.4. The van der Waals surface area contributed by atoms with E-state index in [0.717, 1.165) is 12.8 Å². The van der Waals surface area contributed by atoms with Crippen LogP contribution < -0.4 is 0 Å². The van der Waals surface area contributed by atoms with Crippen LogP contribution in [0, 0.1) is 6.92 Å². The number of carbonyl (C=O) groups excluding carboxylic acids is 1. The Kier molecular flexibility index (Phi) is 3.15. The smallest absolute Gasteiger partial charge is 0.146 e. The third-order valence-electron chi connectivity index (χ3n) is 2.99. The lowest BCUT2D eigenvalue weighted by atomic mass is 10.0. The minimum atomic E-state index is 0.207. The van der Waals surface area contributed by atoms with Crippen LogP contribution in [0.3, 0.4) is 0 Å². The maximum Gasteiger partial charge on any atom is 0.146 e. The summed E-state index contributed by atoms with van der Waals surface area (Å²) in [6, 6.07) is 8.45. The highest BCUT2D eigenvalue weighted by atomic mass is 32.2. The number of hydrogen-bond donors (Lipinski definition) is 0. The summed E-state index contributed by atoms with van der Waals surface area (Å²) in [7, 11) is 0. The zero-order chi connectivity index (χ0) is 10.8. The Morgan fingerprint density at radius 2 is 2.13 bits per heavy atom. The topological polar surface area (TPSA) is 17.1 Å². The molecule has 0 saturated carbocycles. The van der Waals surface area contributed by atoms with Crippen molar-refractivity contribution >= 4 is 17.5 Å². The van der Waals surface area contributed by atoms with Gasteiger partial charge in [-0.15, -0.1) is 11.8 Å². The van der Waals surface area contributed by atoms with Gasteiger partial charge >= 0.3 is 0 Å². The van der Waals surface area contributed by atoms with Gasteiger partial charge in [0.15, 0.2) is 0 Å². The highest BCUT2D eigenvalue weighted by Gasteiger charge is 2.29. The van der Waals surface area contributed by atoms with Crippen molar-refractivity contribution in [3.8, 4) is 0 Å². The molecule has 1 fully saturated rings. The molecule has 0 radical (unpaired) electrons. The molecule has 0 N–H and O–H groups in total. The highest BCUT2D eigenvalue weighted by Crippen LogP contribution is 2.33. The van der Waals surface area contributed by atoms with Crippen molar-refractivity contribution in [2.75, 3.05) is 0 Å². The Labute approximate surface area is 95.3 Å². The zero-order valence-electron chi connectivity index (χ0n) is 9.19. The van der Waals surface area contributed by atoms with E-state index in [4.69, 9.17) is 0 Å². The maximum atomic E-state index is 11.4. The molecule has 15 heavy (non-hydrogen) atoms. The average molecular weight is 220 g/mol. The third-order valence-corrected chi connectivity index (χ3v) is 4.38. The predicted octanol–water partition coefficient (Wildman–Crippen LogP) is 3.00. The first-order valence-electron chi connectivity index (χ1n) is 5.39. The van der Waals surface area contributed by atoms with Crippen molar-refractivity contribution in [3.63, 3.8) is 0 Å². The van der Waals surface area contributed by atoms with E-state index in [0.29, 0.717) is 11.0 Å². The Morgan fingerprint density at radius 3 is 2.73 bits per heavy atom. The normalized spacial score (nSPS) is 25.9. The van der Waals surface area contributed by atoms with Gasteiger partial charge < -0.3 is 0 Å². The summed E-state index contributed by atoms with van der Waals surface area (Å²) in [5.74, 6) is 0.415. The van der Waals surface area contributed by atoms with Gasteiger partial charge in [-0.1, -0.05) is 24.3 Å². The molecule has 80 valence electrons. The van der Waals surface area contributed by atoms with Gasteiger partial charge in [-0.2, -0.15) is 0 Å². The first-order valence-corrected chi connectivity index (χ1v) is 6.34. The van der Waals surface area contributed by atoms with Crippen molar-refractivity contribution in [2.45, 2.75) is 37.2 Å². The number of aryl methyl sites for hydroxylation is 1. The van der Waals surface area contributed by atoms with E-state index >= 15 is 0 Å². The van der Waals surface area contributed by atoms with E-state index in [1.807, 2.05) is 18.7 Å². The molecule has 1 nitrogen and oxygen atoms in total. The van der Waals surface area contributed by atoms with Crippen LogP contribution in [0.15, 0.2) is 24.3 Å². The van der Waals surface area contributed by atoms with E-state index in [2.05, 4.69) is 31.2 Å². The molecule has 0 aromatic heterocycles. The number of ketones is 1. The quantitative estimate of drug-likeness (QED) is 0.762. The molecule has 1 aromatic rings. The monoisotopic (exact) mass is 220 g/mol. The molecular formula is C13H16OS. The number of benzene rings is 1. The molecule has 1 aromatic carbocycles. The van der Waals surface area contributed by atoms with Gasteiger partial charge in [-0.25, -0.2) is 0 Å². The number of hydrogen-bond acceptors (Lipinski definition) is 2. The molecule has 1 aliphatic rings. The molecule has 1 saturated heterocycles. The number of rotatable bonds is 2. The Balaban J connectivity index is 2.05. The summed E-state index contributed by atoms with van der Waals surface area (Å²) < 4.78 is 0. The lowest BCUT2D eigenvalue weighted by molar-refractivity contribution is -0.117. The second-order valence-corrected chi connectivity index (χ2v) is 5.85. The molecule has 0 aliphatic carbocycles. The van der Waals surface area contributed by atoms with Crippen LogP contribution in [0.25, 0.3) is 0 Å². The van der Waals surface area contributed by atoms with Crippen molar-refractivity contribution in [1.82, 2.24) is 0 Å². The molecular weight excluding hydrogens is 204 g/mol. The molecule has 2 atom stereocenters. The van der Waals surface area contributed by atoms with E-state index in [-0.39, 0.29) is 5.25 Å². The Hall–Kier alpha value is -0.760. The molecule has 2 heteroatoms. The van der Waals surface area contributed by atoms with Gasteiger partial charge in [0.25, 0.3) is 0 Å². The van der Waals surface area contributed by atoms with E-state index in [1.54, 1.807) is 0 Å². The molecule has 2 unspecified atom stereocenters. The number of Topliss-reactive ketones (excluding diaryl/α,β-unsaturated/α-hetero) is 1. The van der Waals surface area contributed by atoms with Gasteiger partial charge in [-0.3, -0.25) is 4.79 Å². The summed E-state index contributed by atoms with van der Waals surface area (Å²) in [5, 5.41) is 0.701. The fraction of sp³-hybridized carbons (Fsp3) is 0.462. The molecule has 2 rings (SSSR count). The summed E-state index contributed by atoms with van der Waals surface area (Å²) in [4.78, 5) is 11.4. The highest BCUT2D eigenvalue weighted by molar-refractivity contribution is 8.01. The van der Waals surface area contributed by atoms with Gasteiger partial charge in [-0.05, 0) is 31.4 Å². The second kappa shape index (κ2) is 4.40. The van der Waals surface area contributed by atoms with Crippen LogP contribution >= 0.6 is 11.8 Å². The number of thioether (sulfide) groups is 1. The SMILES string of the molecule is Cc1ccccc1CC1CC(=O)C(C)S1. The molecule has 1 aliphatic heterocycles. The largest absolute Gasteiger partial charge is 0.298 e. The van der Waals surface area contributed by atoms with Crippen LogP contribution in [-0.2, 0) is 11.2 Å². The Bertz CT molecular complexity index is 373. The minimum Gasteiger partial charge on any atom is -0.298 e. The van der Waals surface area contributed by atoms with E-state index < -0.39 is 0 Å². The summed E-state index contributed by atoms with van der Waals surface area (Å²) in [5.41, 5.74) is 2.72. The predicted molar refractivity (Wildman–Crippen MR) is 65.3 cm³/mol. The first kappa shape index (κ1) is 10.7. The molecule has 0 spiro atoms. The second-order valence-electron chi connectivity index (χ2n) is 4.20. The molecule has 1 heterocycles. The van der Waals surface area contributed by atoms with Crippen LogP contribution in [0.4, 0.5) is 0 Å². The van der Waals surface area contributed by atoms with Crippen LogP contribution in [0.5, 0.6) is 0 Å². The van der Waals surface area contributed by atoms with Crippen molar-refractivity contribution in [3.05, 3.63) is 35.4 Å². The van der Waals surface area contributed by atoms with E-state index in [1.165, 1.54) is 11.1 Å². The standard InChI is InChI=1S/C13H16OS/c1-9-5-3-4-6-11(9)7-12-8-13(14)10(2)15-12/h3-6,10,12H,7-8H2,1-2H3. The van der Waals surface area contributed by atoms with Crippen LogP contribution in [-0.4, -0.2) is 16.3 Å². The third kappa shape index (κ3) is 2.43. The van der Waals surface area contributed by atoms with Crippen molar-refractivity contribution in [1.29, 1.82) is 0 Å². The Morgan fingerprint density at radius 1 is 1.40 bits per heavy atom. The van der Waals surface area contributed by atoms with Crippen molar-refractivity contribution < 1.29 is 4.79 Å². The molecule has 0 bridgehead atoms. The van der Waals surface area contributed by atoms with Crippen LogP contribution in [0.1, 0.15) is 24.5 Å². The van der Waals surface area contributed by atoms with Crippen LogP contribution in [0.2, 0.25) is 0 Å². The fourth-order valence-corrected chi connectivity index (χ4v) is 3.37. The van der Waals surface area contributed by atoms with E-state index in [9.17, 15) is 4.79 Å². The lowest BCUT2D eigenvalue weighted by Crippen LogP contribution is -2.06. The van der Waals surface area contributed by atoms with Gasteiger partial charge in [0, 0.05) is 11.7 Å². The summed E-state index contributed by atoms with van der Waals surface area (Å²) in [6.45, 7) is 4.16. The lowest BCUT2D eigenvalue weighted by Gasteiger charge is -2.10. The molecule has 0 amide bonds. The van der Waals surface area contributed by atoms with Gasteiger partial charge in [0.05, 0.1) is 5.25 Å². The first-order chi connectivity index (χ1) is 7.16. The number of carbonyl (C=O) groups is 1. The minimum absolute atomic E-state index is 0.207. The van der Waals surface area contributed by atoms with Gasteiger partial charge in [0.1, 0.15) is 5.78 Å². The van der Waals surface area contributed by atoms with Gasteiger partial charge in [0.2, 0.25) is 0 Å². The summed E-state index contributed by atoms with van der Waals surface area (Å²) >= 11 is 1.83. The zero-order valence-corrected chi connectivity index (χ0v) is 10.0. The summed E-state index contributed by atoms with van der Waals surface area (Å²) in [6.07, 6.45) is 1.79.